The Labute approximate surface area is 207 Å². The molecule has 1 amide bonds. The van der Waals surface area contributed by atoms with Crippen molar-refractivity contribution in [3.63, 3.8) is 0 Å². The van der Waals surface area contributed by atoms with Crippen LogP contribution >= 0.6 is 47.0 Å². The molecule has 1 atom stereocenters. The molecule has 0 radical (unpaired) electrons. The van der Waals surface area contributed by atoms with E-state index in [1.165, 1.54) is 0 Å². The quantitative estimate of drug-likeness (QED) is 0.372. The van der Waals surface area contributed by atoms with E-state index in [1.54, 1.807) is 11.1 Å². The number of halogens is 3. The summed E-state index contributed by atoms with van der Waals surface area (Å²) in [7, 11) is 0. The predicted octanol–water partition coefficient (Wildman–Crippen LogP) is 5.09. The van der Waals surface area contributed by atoms with Gasteiger partial charge in [0.2, 0.25) is 9.70 Å². The summed E-state index contributed by atoms with van der Waals surface area (Å²) in [6.45, 7) is 1.09. The summed E-state index contributed by atoms with van der Waals surface area (Å²) >= 11 is 24.6. The molecule has 1 aliphatic heterocycles. The van der Waals surface area contributed by atoms with Gasteiger partial charge >= 0.3 is 0 Å². The van der Waals surface area contributed by atoms with Crippen molar-refractivity contribution in [2.45, 2.75) is 22.8 Å². The zero-order valence-corrected chi connectivity index (χ0v) is 20.1. The van der Waals surface area contributed by atoms with Crippen molar-refractivity contribution in [1.82, 2.24) is 15.2 Å². The van der Waals surface area contributed by atoms with Gasteiger partial charge in [-0.3, -0.25) is 9.78 Å². The Hall–Kier alpha value is -2.12. The molecule has 9 heteroatoms. The van der Waals surface area contributed by atoms with E-state index in [1.807, 2.05) is 65.6 Å². The number of pyridine rings is 1. The first-order valence-corrected chi connectivity index (χ1v) is 11.7. The van der Waals surface area contributed by atoms with E-state index < -0.39 is 9.96 Å². The summed E-state index contributed by atoms with van der Waals surface area (Å²) in [4.78, 5) is 20.9. The maximum Gasteiger partial charge on any atom is 0.228 e. The van der Waals surface area contributed by atoms with Gasteiger partial charge in [-0.1, -0.05) is 83.3 Å². The van der Waals surface area contributed by atoms with Crippen molar-refractivity contribution >= 4 is 74.6 Å². The number of fused-ring (bicyclic) bond motifs is 1. The molecule has 2 heterocycles. The lowest BCUT2D eigenvalue weighted by Gasteiger charge is -2.35. The molecule has 5 nitrogen and oxygen atoms in total. The molecule has 32 heavy (non-hydrogen) atoms. The number of para-hydroxylation sites is 1. The van der Waals surface area contributed by atoms with E-state index in [2.05, 4.69) is 10.3 Å². The third-order valence-corrected chi connectivity index (χ3v) is 6.42. The van der Waals surface area contributed by atoms with Crippen LogP contribution in [0.3, 0.4) is 0 Å². The molecule has 0 saturated carbocycles. The van der Waals surface area contributed by atoms with Gasteiger partial charge < -0.3 is 15.1 Å². The van der Waals surface area contributed by atoms with Crippen LogP contribution in [0, 0.1) is 0 Å². The van der Waals surface area contributed by atoms with Gasteiger partial charge in [-0.05, 0) is 36.3 Å². The first-order chi connectivity index (χ1) is 15.3. The molecule has 1 fully saturated rings. The summed E-state index contributed by atoms with van der Waals surface area (Å²) in [5.74, 6) is -0.210. The molecule has 166 valence electrons. The summed E-state index contributed by atoms with van der Waals surface area (Å²) in [6.07, 6.45) is 1.73. The number of alkyl halides is 3. The smallest absolute Gasteiger partial charge is 0.228 e. The molecule has 1 N–H and O–H groups in total. The molecule has 1 unspecified atom stereocenters. The second-order valence-corrected chi connectivity index (χ2v) is 10.2. The van der Waals surface area contributed by atoms with Crippen LogP contribution < -0.4 is 10.2 Å². The highest BCUT2D eigenvalue weighted by Gasteiger charge is 2.43. The van der Waals surface area contributed by atoms with Gasteiger partial charge in [-0.2, -0.15) is 0 Å². The lowest BCUT2D eigenvalue weighted by molar-refractivity contribution is -0.122. The fourth-order valence-electron chi connectivity index (χ4n) is 3.79. The molecule has 1 aromatic heterocycles. The molecule has 0 spiro atoms. The van der Waals surface area contributed by atoms with Gasteiger partial charge in [-0.15, -0.1) is 0 Å². The number of hydrogen-bond donors (Lipinski definition) is 1. The van der Waals surface area contributed by atoms with Crippen LogP contribution in [0.1, 0.15) is 12.0 Å². The number of anilines is 1. The molecule has 1 saturated heterocycles. The monoisotopic (exact) mass is 506 g/mol. The number of aryl methyl sites for hydroxylation is 1. The molecule has 3 aromatic rings. The van der Waals surface area contributed by atoms with Crippen LogP contribution in [0.2, 0.25) is 0 Å². The number of amides is 1. The third kappa shape index (κ3) is 5.09. The number of thiocarbonyl (C=S) groups is 1. The topological polar surface area (TPSA) is 48.5 Å². The average molecular weight is 508 g/mol. The van der Waals surface area contributed by atoms with Crippen molar-refractivity contribution < 1.29 is 4.79 Å². The second kappa shape index (κ2) is 9.79. The van der Waals surface area contributed by atoms with Crippen LogP contribution in [0.4, 0.5) is 5.69 Å². The fourth-order valence-corrected chi connectivity index (χ4v) is 4.69. The van der Waals surface area contributed by atoms with Gasteiger partial charge in [0.05, 0.1) is 11.2 Å². The van der Waals surface area contributed by atoms with E-state index in [0.29, 0.717) is 24.6 Å². The van der Waals surface area contributed by atoms with Crippen molar-refractivity contribution in [3.8, 4) is 0 Å². The van der Waals surface area contributed by atoms with Crippen molar-refractivity contribution in [2.24, 2.45) is 0 Å². The Morgan fingerprint density at radius 1 is 1.06 bits per heavy atom. The fraction of sp³-hybridized carbons (Fsp3) is 0.261. The highest BCUT2D eigenvalue weighted by atomic mass is 35.6. The van der Waals surface area contributed by atoms with Gasteiger partial charge in [0.1, 0.15) is 0 Å². The van der Waals surface area contributed by atoms with E-state index in [4.69, 9.17) is 47.0 Å². The molecule has 2 aromatic carbocycles. The molecule has 4 rings (SSSR count). The molecule has 0 aliphatic carbocycles. The van der Waals surface area contributed by atoms with Gasteiger partial charge in [0.25, 0.3) is 0 Å². The first kappa shape index (κ1) is 23.1. The number of hydrogen-bond acceptors (Lipinski definition) is 3. The lowest BCUT2D eigenvalue weighted by atomic mass is 10.1. The van der Waals surface area contributed by atoms with Crippen LogP contribution in [0.5, 0.6) is 0 Å². The summed E-state index contributed by atoms with van der Waals surface area (Å²) in [6, 6.07) is 19.6. The maximum absolute atomic E-state index is 12.7. The zero-order valence-electron chi connectivity index (χ0n) is 17.0. The van der Waals surface area contributed by atoms with Crippen LogP contribution in [0.25, 0.3) is 10.9 Å². The number of carbonyl (C=O) groups excluding carboxylic acids is 1. The van der Waals surface area contributed by atoms with Crippen LogP contribution in [0.15, 0.2) is 66.9 Å². The Morgan fingerprint density at radius 2 is 1.81 bits per heavy atom. The van der Waals surface area contributed by atoms with E-state index in [-0.39, 0.29) is 12.3 Å². The molecular formula is C23H21Cl3N4OS. The van der Waals surface area contributed by atoms with Gasteiger partial charge in [-0.25, -0.2) is 0 Å². The highest BCUT2D eigenvalue weighted by molar-refractivity contribution is 7.80. The second-order valence-electron chi connectivity index (χ2n) is 7.48. The number of nitrogens with one attached hydrogen (secondary N) is 1. The summed E-state index contributed by atoms with van der Waals surface area (Å²) < 4.78 is -1.76. The minimum atomic E-state index is -1.76. The van der Waals surface area contributed by atoms with Crippen molar-refractivity contribution in [1.29, 1.82) is 0 Å². The van der Waals surface area contributed by atoms with E-state index in [0.717, 1.165) is 22.2 Å². The predicted molar refractivity (Wildman–Crippen MR) is 135 cm³/mol. The Bertz CT molecular complexity index is 1120. The Kier molecular flexibility index (Phi) is 7.05. The van der Waals surface area contributed by atoms with Crippen molar-refractivity contribution in [2.75, 3.05) is 18.0 Å². The molecular weight excluding hydrogens is 487 g/mol. The Balaban J connectivity index is 1.50. The SMILES string of the molecule is O=C(CCc1ccccc1)NC(N1CCN(c2cccc3cccnc23)C1=S)C(Cl)(Cl)Cl. The van der Waals surface area contributed by atoms with Crippen LogP contribution in [-0.4, -0.2) is 44.0 Å². The van der Waals surface area contributed by atoms with E-state index >= 15 is 0 Å². The molecule has 1 aliphatic rings. The van der Waals surface area contributed by atoms with Gasteiger partial charge in [0.15, 0.2) is 11.3 Å². The minimum Gasteiger partial charge on any atom is -0.332 e. The number of aromatic nitrogens is 1. The third-order valence-electron chi connectivity index (χ3n) is 5.35. The van der Waals surface area contributed by atoms with Crippen LogP contribution in [-0.2, 0) is 11.2 Å². The zero-order chi connectivity index (χ0) is 22.7. The normalized spacial score (nSPS) is 15.3. The summed E-state index contributed by atoms with van der Waals surface area (Å²) in [5.41, 5.74) is 2.80. The molecule has 0 bridgehead atoms. The number of benzene rings is 2. The largest absolute Gasteiger partial charge is 0.332 e. The highest BCUT2D eigenvalue weighted by Crippen LogP contribution is 2.36. The lowest BCUT2D eigenvalue weighted by Crippen LogP contribution is -2.56. The minimum absolute atomic E-state index is 0.210. The Morgan fingerprint density at radius 3 is 2.56 bits per heavy atom. The van der Waals surface area contributed by atoms with Gasteiger partial charge in [0, 0.05) is 31.1 Å². The first-order valence-electron chi connectivity index (χ1n) is 10.2. The van der Waals surface area contributed by atoms with E-state index in [9.17, 15) is 4.79 Å². The summed E-state index contributed by atoms with van der Waals surface area (Å²) in [5, 5.41) is 4.36. The maximum atomic E-state index is 12.7. The number of nitrogens with zero attached hydrogens (tertiary/aromatic N) is 3. The standard InChI is InChI=1S/C23H21Cl3N4OS/c24-23(25,26)21(28-19(31)12-11-16-6-2-1-3-7-16)30-15-14-29(22(30)32)18-10-4-8-17-9-5-13-27-20(17)18/h1-10,13,21H,11-12,14-15H2,(H,28,31). The number of carbonyl (C=O) groups is 1. The average Bonchev–Trinajstić information content (AvgIpc) is 3.16. The number of rotatable bonds is 6. The van der Waals surface area contributed by atoms with Crippen molar-refractivity contribution in [3.05, 3.63) is 72.4 Å².